The molecule has 1 aromatic rings. The second kappa shape index (κ2) is 4.71. The Balaban J connectivity index is 0.000001000. The summed E-state index contributed by atoms with van der Waals surface area (Å²) in [5, 5.41) is 12.0. The second-order valence-corrected chi connectivity index (χ2v) is 2.62. The number of nitrogens with two attached hydrogens (primary N) is 1. The van der Waals surface area contributed by atoms with Crippen molar-refractivity contribution in [2.24, 2.45) is 0 Å². The smallest absolute Gasteiger partial charge is 0.550 e. The normalized spacial score (nSPS) is 8.73. The number of anilines is 1. The van der Waals surface area contributed by atoms with E-state index < -0.39 is 5.97 Å². The molecule has 0 bridgehead atoms. The average molecular weight is 180 g/mol. The molecule has 11 heavy (non-hydrogen) atoms. The topological polar surface area (TPSA) is 79.0 Å². The van der Waals surface area contributed by atoms with E-state index in [9.17, 15) is 9.90 Å². The fourth-order valence-electron chi connectivity index (χ4n) is 0.552. The Hall–Kier alpha value is -0.1000. The Morgan fingerprint density at radius 2 is 2.45 bits per heavy atom. The molecule has 0 aliphatic carbocycles. The van der Waals surface area contributed by atoms with Gasteiger partial charge in [-0.25, -0.2) is 4.98 Å². The van der Waals surface area contributed by atoms with Gasteiger partial charge in [0.05, 0.1) is 5.69 Å². The molecule has 2 N–H and O–H groups in total. The minimum absolute atomic E-state index is 0. The maximum absolute atomic E-state index is 9.99. The molecule has 1 aromatic heterocycles. The Bertz CT molecular complexity index is 250. The molecule has 0 saturated heterocycles. The van der Waals surface area contributed by atoms with Crippen LogP contribution in [0.5, 0.6) is 0 Å². The van der Waals surface area contributed by atoms with Gasteiger partial charge in [-0.2, -0.15) is 0 Å². The summed E-state index contributed by atoms with van der Waals surface area (Å²) < 4.78 is 0. The van der Waals surface area contributed by atoms with Crippen LogP contribution in [-0.4, -0.2) is 11.0 Å². The molecule has 1 heterocycles. The van der Waals surface area contributed by atoms with E-state index in [1.807, 2.05) is 0 Å². The van der Waals surface area contributed by atoms with Crippen molar-refractivity contribution in [3.63, 3.8) is 0 Å². The van der Waals surface area contributed by atoms with Crippen LogP contribution < -0.4 is 40.4 Å². The summed E-state index contributed by atoms with van der Waals surface area (Å²) in [4.78, 5) is 13.7. The molecule has 0 amide bonds. The van der Waals surface area contributed by atoms with Crippen LogP contribution in [0, 0.1) is 0 Å². The molecule has 0 aromatic carbocycles. The first-order valence-corrected chi connectivity index (χ1v) is 3.46. The summed E-state index contributed by atoms with van der Waals surface area (Å²) in [5.41, 5.74) is 5.71. The zero-order valence-corrected chi connectivity index (χ0v) is 8.85. The summed E-state index contributed by atoms with van der Waals surface area (Å²) in [6, 6.07) is 0. The summed E-state index contributed by atoms with van der Waals surface area (Å²) in [7, 11) is 0. The summed E-state index contributed by atoms with van der Waals surface area (Å²) in [5.74, 6) is -1.13. The van der Waals surface area contributed by atoms with Gasteiger partial charge < -0.3 is 15.6 Å². The van der Waals surface area contributed by atoms with Crippen molar-refractivity contribution in [1.29, 1.82) is 0 Å². The minimum atomic E-state index is -1.13. The third-order valence-corrected chi connectivity index (χ3v) is 1.62. The minimum Gasteiger partial charge on any atom is -0.550 e. The number of aliphatic carboxylic acids is 1. The van der Waals surface area contributed by atoms with E-state index in [0.29, 0.717) is 10.8 Å². The fourth-order valence-corrected chi connectivity index (χ4v) is 1.11. The average Bonchev–Trinajstić information content (AvgIpc) is 2.13. The second-order valence-electron chi connectivity index (χ2n) is 1.73. The van der Waals surface area contributed by atoms with Crippen LogP contribution in [0.25, 0.3) is 0 Å². The molecule has 0 spiro atoms. The third-order valence-electron chi connectivity index (χ3n) is 0.895. The van der Waals surface area contributed by atoms with Crippen molar-refractivity contribution in [2.75, 3.05) is 5.73 Å². The Kier molecular flexibility index (Phi) is 4.67. The first kappa shape index (κ1) is 10.9. The van der Waals surface area contributed by atoms with Crippen molar-refractivity contribution in [3.8, 4) is 0 Å². The molecule has 0 radical (unpaired) electrons. The number of nitrogen functional groups attached to an aromatic ring is 1. The van der Waals surface area contributed by atoms with Crippen LogP contribution in [0.2, 0.25) is 0 Å². The number of carboxylic acids is 1. The van der Waals surface area contributed by atoms with Gasteiger partial charge in [0.1, 0.15) is 0 Å². The van der Waals surface area contributed by atoms with Crippen LogP contribution in [-0.2, 0) is 11.2 Å². The van der Waals surface area contributed by atoms with Gasteiger partial charge in [0, 0.05) is 17.8 Å². The van der Waals surface area contributed by atoms with Gasteiger partial charge in [0.2, 0.25) is 0 Å². The largest absolute Gasteiger partial charge is 1.00 e. The molecular formula is C5H5N2NaO2S. The fraction of sp³-hybridized carbons (Fsp3) is 0.200. The molecule has 0 aliphatic rings. The number of nitrogens with zero attached hydrogens (tertiary/aromatic N) is 1. The number of carbonyl (C=O) groups is 1. The molecule has 0 atom stereocenters. The number of rotatable bonds is 2. The summed E-state index contributed by atoms with van der Waals surface area (Å²) in [6.45, 7) is 0. The maximum atomic E-state index is 9.99. The molecule has 0 unspecified atom stereocenters. The van der Waals surface area contributed by atoms with Gasteiger partial charge in [-0.05, 0) is 0 Å². The first-order valence-electron chi connectivity index (χ1n) is 2.58. The van der Waals surface area contributed by atoms with Gasteiger partial charge >= 0.3 is 29.6 Å². The predicted molar refractivity (Wildman–Crippen MR) is 35.2 cm³/mol. The van der Waals surface area contributed by atoms with Crippen molar-refractivity contribution in [3.05, 3.63) is 11.1 Å². The standard InChI is InChI=1S/C5H6N2O2S.Na/c6-5-7-3(2-10-5)1-4(8)9;/h2H,1H2,(H2,6,7)(H,8,9);/q;+1/p-1. The van der Waals surface area contributed by atoms with Gasteiger partial charge in [0.25, 0.3) is 0 Å². The van der Waals surface area contributed by atoms with E-state index in [-0.39, 0.29) is 36.0 Å². The molecule has 54 valence electrons. The number of aromatic nitrogens is 1. The molecule has 0 saturated carbocycles. The van der Waals surface area contributed by atoms with Crippen LogP contribution in [0.4, 0.5) is 5.13 Å². The molecule has 4 nitrogen and oxygen atoms in total. The zero-order valence-electron chi connectivity index (χ0n) is 6.03. The molecule has 0 aliphatic heterocycles. The van der Waals surface area contributed by atoms with Crippen LogP contribution >= 0.6 is 11.3 Å². The van der Waals surface area contributed by atoms with Crippen LogP contribution in [0.3, 0.4) is 0 Å². The van der Waals surface area contributed by atoms with E-state index >= 15 is 0 Å². The zero-order chi connectivity index (χ0) is 7.56. The van der Waals surface area contributed by atoms with E-state index in [2.05, 4.69) is 4.98 Å². The van der Waals surface area contributed by atoms with Crippen LogP contribution in [0.1, 0.15) is 5.69 Å². The number of hydrogen-bond donors (Lipinski definition) is 1. The Morgan fingerprint density at radius 3 is 2.82 bits per heavy atom. The maximum Gasteiger partial charge on any atom is 1.00 e. The van der Waals surface area contributed by atoms with Crippen molar-refractivity contribution in [2.45, 2.75) is 6.42 Å². The number of hydrogen-bond acceptors (Lipinski definition) is 5. The quantitative estimate of drug-likeness (QED) is 0.471. The molecular weight excluding hydrogens is 175 g/mol. The third kappa shape index (κ3) is 3.71. The van der Waals surface area contributed by atoms with Crippen molar-refractivity contribution >= 4 is 22.4 Å². The molecule has 6 heteroatoms. The van der Waals surface area contributed by atoms with Gasteiger partial charge in [-0.3, -0.25) is 0 Å². The Morgan fingerprint density at radius 1 is 1.82 bits per heavy atom. The van der Waals surface area contributed by atoms with E-state index in [4.69, 9.17) is 5.73 Å². The van der Waals surface area contributed by atoms with Gasteiger partial charge in [-0.15, -0.1) is 11.3 Å². The summed E-state index contributed by atoms with van der Waals surface area (Å²) in [6.07, 6.45) is -0.159. The molecule has 0 fully saturated rings. The SMILES string of the molecule is Nc1nc(CC(=O)[O-])cs1.[Na+]. The predicted octanol–water partition coefficient (Wildman–Crippen LogP) is -3.98. The number of thiazole rings is 1. The van der Waals surface area contributed by atoms with E-state index in [1.54, 1.807) is 5.38 Å². The van der Waals surface area contributed by atoms with Crippen LogP contribution in [0.15, 0.2) is 5.38 Å². The monoisotopic (exact) mass is 180 g/mol. The van der Waals surface area contributed by atoms with Crippen molar-refractivity contribution in [1.82, 2.24) is 4.98 Å². The van der Waals surface area contributed by atoms with E-state index in [1.165, 1.54) is 11.3 Å². The van der Waals surface area contributed by atoms with Gasteiger partial charge in [-0.1, -0.05) is 0 Å². The van der Waals surface area contributed by atoms with Crippen molar-refractivity contribution < 1.29 is 39.5 Å². The first-order chi connectivity index (χ1) is 4.68. The number of carbonyl (C=O) groups excluding carboxylic acids is 1. The molecule has 1 rings (SSSR count). The Labute approximate surface area is 89.7 Å². The van der Waals surface area contributed by atoms with E-state index in [0.717, 1.165) is 0 Å². The van der Waals surface area contributed by atoms with Gasteiger partial charge in [0.15, 0.2) is 5.13 Å². The summed E-state index contributed by atoms with van der Waals surface area (Å²) >= 11 is 1.22. The number of carboxylic acid groups (broad SMARTS) is 1.